The summed E-state index contributed by atoms with van der Waals surface area (Å²) < 4.78 is 29.1. The molecule has 0 N–H and O–H groups in total. The van der Waals surface area contributed by atoms with Crippen LogP contribution in [0.25, 0.3) is 0 Å². The topological polar surface area (TPSA) is 46.5 Å². The van der Waals surface area contributed by atoms with Gasteiger partial charge in [0.2, 0.25) is 0 Å². The molecule has 5 heteroatoms. The fourth-order valence-electron chi connectivity index (χ4n) is 1.84. The molecule has 1 atom stereocenters. The van der Waals surface area contributed by atoms with Crippen LogP contribution in [0.3, 0.4) is 0 Å². The molecule has 112 valence electrons. The van der Waals surface area contributed by atoms with Crippen molar-refractivity contribution >= 4 is 20.7 Å². The predicted molar refractivity (Wildman–Crippen MR) is 88.0 cm³/mol. The molecular formula is C16H19NO2S2. The van der Waals surface area contributed by atoms with Gasteiger partial charge in [-0.3, -0.25) is 0 Å². The summed E-state index contributed by atoms with van der Waals surface area (Å²) in [5, 5.41) is 0. The molecule has 0 amide bonds. The molecule has 0 unspecified atom stereocenters. The Morgan fingerprint density at radius 1 is 1.00 bits per heavy atom. The van der Waals surface area contributed by atoms with Gasteiger partial charge in [-0.25, -0.2) is 0 Å². The van der Waals surface area contributed by atoms with E-state index in [1.165, 1.54) is 0 Å². The lowest BCUT2D eigenvalue weighted by Crippen LogP contribution is -2.03. The van der Waals surface area contributed by atoms with Crippen LogP contribution >= 0.6 is 0 Å². The smallest absolute Gasteiger partial charge is 0.199 e. The summed E-state index contributed by atoms with van der Waals surface area (Å²) in [5.74, 6) is 0.745. The van der Waals surface area contributed by atoms with E-state index in [1.807, 2.05) is 44.2 Å². The van der Waals surface area contributed by atoms with Crippen molar-refractivity contribution in [2.24, 2.45) is 3.77 Å². The zero-order chi connectivity index (χ0) is 15.3. The van der Waals surface area contributed by atoms with Gasteiger partial charge in [0.05, 0.1) is 4.90 Å². The Morgan fingerprint density at radius 3 is 2.19 bits per heavy atom. The molecular weight excluding hydrogens is 302 g/mol. The molecule has 0 heterocycles. The van der Waals surface area contributed by atoms with Gasteiger partial charge in [-0.1, -0.05) is 53.5 Å². The van der Waals surface area contributed by atoms with Gasteiger partial charge in [0.15, 0.2) is 0 Å². The predicted octanol–water partition coefficient (Wildman–Crippen LogP) is 3.95. The molecule has 0 aliphatic carbocycles. The first-order valence-corrected chi connectivity index (χ1v) is 9.63. The van der Waals surface area contributed by atoms with E-state index in [-0.39, 0.29) is 4.90 Å². The molecule has 2 aromatic carbocycles. The number of sulfonamides is 1. The van der Waals surface area contributed by atoms with Crippen LogP contribution < -0.4 is 0 Å². The van der Waals surface area contributed by atoms with Crippen molar-refractivity contribution in [3.8, 4) is 0 Å². The highest BCUT2D eigenvalue weighted by Gasteiger charge is 2.14. The van der Waals surface area contributed by atoms with Gasteiger partial charge in [-0.15, -0.1) is 3.77 Å². The molecule has 0 aromatic heterocycles. The normalized spacial score (nSPS) is 13.2. The van der Waals surface area contributed by atoms with Crippen molar-refractivity contribution in [2.75, 3.05) is 5.75 Å². The Hall–Kier alpha value is -1.46. The molecule has 0 fully saturated rings. The summed E-state index contributed by atoms with van der Waals surface area (Å²) in [6, 6.07) is 16.5. The van der Waals surface area contributed by atoms with Crippen LogP contribution in [-0.4, -0.2) is 14.2 Å². The van der Waals surface area contributed by atoms with Gasteiger partial charge in [0.1, 0.15) is 0 Å². The highest BCUT2D eigenvalue weighted by molar-refractivity contribution is 8.00. The summed E-state index contributed by atoms with van der Waals surface area (Å²) in [5.41, 5.74) is 1.03. The van der Waals surface area contributed by atoms with Crippen molar-refractivity contribution in [1.82, 2.24) is 0 Å². The lowest BCUT2D eigenvalue weighted by atomic mass is 10.2. The van der Waals surface area contributed by atoms with Gasteiger partial charge in [0, 0.05) is 10.6 Å². The third-order valence-electron chi connectivity index (χ3n) is 2.92. The van der Waals surface area contributed by atoms with E-state index >= 15 is 0 Å². The first-order chi connectivity index (χ1) is 10.0. The van der Waals surface area contributed by atoms with Crippen molar-refractivity contribution in [2.45, 2.75) is 30.1 Å². The van der Waals surface area contributed by atoms with E-state index in [2.05, 4.69) is 3.77 Å². The molecule has 0 saturated carbocycles. The molecule has 0 aliphatic rings. The van der Waals surface area contributed by atoms with Gasteiger partial charge in [-0.2, -0.15) is 8.42 Å². The number of nitrogens with zero attached hydrogens (tertiary/aromatic N) is 1. The Bertz CT molecular complexity index is 721. The lowest BCUT2D eigenvalue weighted by molar-refractivity contribution is 0.598. The first-order valence-electron chi connectivity index (χ1n) is 6.83. The third-order valence-corrected chi connectivity index (χ3v) is 6.90. The van der Waals surface area contributed by atoms with Crippen LogP contribution in [0.4, 0.5) is 0 Å². The van der Waals surface area contributed by atoms with Crippen LogP contribution in [0.1, 0.15) is 18.9 Å². The Kier molecular flexibility index (Phi) is 5.31. The molecule has 0 spiro atoms. The zero-order valence-electron chi connectivity index (χ0n) is 12.2. The number of hydrogen-bond acceptors (Lipinski definition) is 2. The van der Waals surface area contributed by atoms with Crippen LogP contribution in [0.15, 0.2) is 68.2 Å². The third kappa shape index (κ3) is 4.25. The monoisotopic (exact) mass is 321 g/mol. The van der Waals surface area contributed by atoms with E-state index in [0.717, 1.165) is 22.6 Å². The maximum absolute atomic E-state index is 12.4. The summed E-state index contributed by atoms with van der Waals surface area (Å²) in [4.78, 5) is 1.23. The molecule has 2 aromatic rings. The summed E-state index contributed by atoms with van der Waals surface area (Å²) >= 11 is 0. The fourth-order valence-corrected chi connectivity index (χ4v) is 5.35. The van der Waals surface area contributed by atoms with Crippen molar-refractivity contribution in [3.63, 3.8) is 0 Å². The largest absolute Gasteiger partial charge is 0.288 e. The van der Waals surface area contributed by atoms with E-state index in [0.29, 0.717) is 0 Å². The van der Waals surface area contributed by atoms with Gasteiger partial charge >= 0.3 is 0 Å². The molecule has 3 nitrogen and oxygen atoms in total. The summed E-state index contributed by atoms with van der Waals surface area (Å²) in [6.45, 7) is 3.97. The Labute approximate surface area is 129 Å². The standard InChI is InChI=1S/C16H19NO2S2/c1-3-13-20(15-7-5-4-6-8-15)17-21(18,19)16-11-9-14(2)10-12-16/h4-12H,3,13H2,1-2H3/t20-/m0/s1. The number of hydrogen-bond donors (Lipinski definition) is 0. The average molecular weight is 321 g/mol. The van der Waals surface area contributed by atoms with Crippen LogP contribution in [-0.2, 0) is 20.7 Å². The van der Waals surface area contributed by atoms with E-state index in [4.69, 9.17) is 0 Å². The van der Waals surface area contributed by atoms with E-state index in [1.54, 1.807) is 24.3 Å². The van der Waals surface area contributed by atoms with Crippen molar-refractivity contribution in [1.29, 1.82) is 0 Å². The number of aryl methyl sites for hydroxylation is 1. The number of benzene rings is 2. The maximum atomic E-state index is 12.4. The quantitative estimate of drug-likeness (QED) is 0.837. The van der Waals surface area contributed by atoms with Gasteiger partial charge in [0.25, 0.3) is 10.0 Å². The minimum Gasteiger partial charge on any atom is -0.199 e. The van der Waals surface area contributed by atoms with Crippen LogP contribution in [0, 0.1) is 6.92 Å². The second kappa shape index (κ2) is 7.00. The van der Waals surface area contributed by atoms with E-state index in [9.17, 15) is 8.42 Å². The second-order valence-electron chi connectivity index (χ2n) is 4.74. The second-order valence-corrected chi connectivity index (χ2v) is 8.37. The fraction of sp³-hybridized carbons (Fsp3) is 0.250. The Morgan fingerprint density at radius 2 is 1.62 bits per heavy atom. The van der Waals surface area contributed by atoms with Crippen molar-refractivity contribution in [3.05, 3.63) is 60.2 Å². The highest BCUT2D eigenvalue weighted by atomic mass is 32.3. The van der Waals surface area contributed by atoms with Gasteiger partial charge < -0.3 is 0 Å². The summed E-state index contributed by atoms with van der Waals surface area (Å²) in [7, 11) is -4.24. The SMILES string of the molecule is CCC[S@](=NS(=O)(=O)c1ccc(C)cc1)c1ccccc1. The van der Waals surface area contributed by atoms with Crippen LogP contribution in [0.2, 0.25) is 0 Å². The molecule has 0 radical (unpaired) electrons. The number of rotatable bonds is 5. The highest BCUT2D eigenvalue weighted by Crippen LogP contribution is 2.18. The van der Waals surface area contributed by atoms with E-state index < -0.39 is 20.7 Å². The minimum absolute atomic E-state index is 0.262. The minimum atomic E-state index is -3.61. The molecule has 0 saturated heterocycles. The first kappa shape index (κ1) is 15.9. The molecule has 0 aliphatic heterocycles. The summed E-state index contributed by atoms with van der Waals surface area (Å²) in [6.07, 6.45) is 0.894. The molecule has 21 heavy (non-hydrogen) atoms. The molecule has 2 rings (SSSR count). The lowest BCUT2D eigenvalue weighted by Gasteiger charge is -2.07. The average Bonchev–Trinajstić information content (AvgIpc) is 2.48. The zero-order valence-corrected chi connectivity index (χ0v) is 13.8. The molecule has 0 bridgehead atoms. The van der Waals surface area contributed by atoms with Gasteiger partial charge in [-0.05, 0) is 37.6 Å². The van der Waals surface area contributed by atoms with Crippen LogP contribution in [0.5, 0.6) is 0 Å². The maximum Gasteiger partial charge on any atom is 0.288 e. The van der Waals surface area contributed by atoms with Crippen molar-refractivity contribution < 1.29 is 8.42 Å². The Balaban J connectivity index is 2.44.